The maximum atomic E-state index is 13.4. The van der Waals surface area contributed by atoms with E-state index in [1.807, 2.05) is 6.07 Å². The first-order valence-corrected chi connectivity index (χ1v) is 11.8. The van der Waals surface area contributed by atoms with Gasteiger partial charge in [0.2, 0.25) is 0 Å². The molecule has 192 valence electrons. The zero-order chi connectivity index (χ0) is 25.0. The maximum Gasteiger partial charge on any atom is 0.573 e. The Labute approximate surface area is 202 Å². The van der Waals surface area contributed by atoms with E-state index in [4.69, 9.17) is 4.74 Å². The molecule has 0 spiro atoms. The van der Waals surface area contributed by atoms with Crippen LogP contribution >= 0.6 is 0 Å². The number of hydrogen-bond acceptors (Lipinski definition) is 5. The highest BCUT2D eigenvalue weighted by atomic mass is 19.4. The molecule has 0 aliphatic carbocycles. The lowest BCUT2D eigenvalue weighted by Gasteiger charge is -2.41. The van der Waals surface area contributed by atoms with E-state index in [1.54, 1.807) is 29.0 Å². The van der Waals surface area contributed by atoms with Crippen molar-refractivity contribution in [2.75, 3.05) is 39.9 Å². The Bertz CT molecular complexity index is 974. The molecule has 8 nitrogen and oxygen atoms in total. The van der Waals surface area contributed by atoms with Crippen LogP contribution < -0.4 is 4.74 Å². The molecule has 2 aromatic rings. The Morgan fingerprint density at radius 2 is 1.83 bits per heavy atom. The third kappa shape index (κ3) is 6.66. The first-order valence-electron chi connectivity index (χ1n) is 11.8. The van der Waals surface area contributed by atoms with E-state index in [2.05, 4.69) is 14.9 Å². The molecule has 2 aliphatic rings. The summed E-state index contributed by atoms with van der Waals surface area (Å²) in [5.41, 5.74) is 2.64. The average molecular weight is 497 g/mol. The molecule has 0 bridgehead atoms. The summed E-state index contributed by atoms with van der Waals surface area (Å²) in [4.78, 5) is 16.9. The molecule has 1 aromatic heterocycles. The number of nitrogens with zero attached hydrogens (tertiary/aromatic N) is 3. The fourth-order valence-corrected chi connectivity index (χ4v) is 4.84. The van der Waals surface area contributed by atoms with Crippen molar-refractivity contribution >= 4 is 6.03 Å². The van der Waals surface area contributed by atoms with Crippen molar-refractivity contribution in [3.05, 3.63) is 47.3 Å². The number of rotatable bonds is 6. The predicted octanol–water partition coefficient (Wildman–Crippen LogP) is 3.65. The standard InChI is InChI=1S/C24H31F3N4O4/c1-34-11-8-19-13-22(29-28-19)18-12-17(16-2-4-21(5-3-16)35-24(25,26)27)14-31(15-18)23(33)30-9-6-20(32)7-10-30/h2-5,13,17-18,20,32H,6-12,14-15H2,1H3,(H,28,29). The van der Waals surface area contributed by atoms with E-state index < -0.39 is 6.36 Å². The highest BCUT2D eigenvalue weighted by Gasteiger charge is 2.36. The number of aliphatic hydroxyl groups excluding tert-OH is 1. The highest BCUT2D eigenvalue weighted by molar-refractivity contribution is 5.75. The van der Waals surface area contributed by atoms with E-state index >= 15 is 0 Å². The zero-order valence-electron chi connectivity index (χ0n) is 19.6. The van der Waals surface area contributed by atoms with Crippen LogP contribution in [0.4, 0.5) is 18.0 Å². The van der Waals surface area contributed by atoms with Gasteiger partial charge in [0.1, 0.15) is 5.75 Å². The number of H-pyrrole nitrogens is 1. The van der Waals surface area contributed by atoms with E-state index in [1.165, 1.54) is 12.1 Å². The van der Waals surface area contributed by atoms with Crippen LogP contribution in [0.25, 0.3) is 0 Å². The van der Waals surface area contributed by atoms with Crippen molar-refractivity contribution < 1.29 is 32.5 Å². The monoisotopic (exact) mass is 496 g/mol. The number of halogens is 3. The van der Waals surface area contributed by atoms with Gasteiger partial charge in [-0.15, -0.1) is 13.2 Å². The number of nitrogens with one attached hydrogen (secondary N) is 1. The topological polar surface area (TPSA) is 90.9 Å². The van der Waals surface area contributed by atoms with Gasteiger partial charge in [-0.1, -0.05) is 12.1 Å². The Morgan fingerprint density at radius 1 is 1.14 bits per heavy atom. The van der Waals surface area contributed by atoms with Crippen LogP contribution in [-0.4, -0.2) is 83.5 Å². The molecule has 2 saturated heterocycles. The Morgan fingerprint density at radius 3 is 2.49 bits per heavy atom. The molecule has 2 amide bonds. The van der Waals surface area contributed by atoms with Crippen molar-refractivity contribution in [3.63, 3.8) is 0 Å². The summed E-state index contributed by atoms with van der Waals surface area (Å²) in [6, 6.07) is 7.78. The number of aliphatic hydroxyl groups is 1. The average Bonchev–Trinajstić information content (AvgIpc) is 3.31. The Balaban J connectivity index is 1.53. The second-order valence-corrected chi connectivity index (χ2v) is 9.21. The van der Waals surface area contributed by atoms with E-state index in [0.717, 1.165) is 17.0 Å². The number of likely N-dealkylation sites (tertiary alicyclic amines) is 2. The number of urea groups is 1. The maximum absolute atomic E-state index is 13.4. The third-order valence-corrected chi connectivity index (χ3v) is 6.69. The summed E-state index contributed by atoms with van der Waals surface area (Å²) in [5.74, 6) is -0.387. The molecule has 0 saturated carbocycles. The van der Waals surface area contributed by atoms with E-state index in [0.29, 0.717) is 58.5 Å². The lowest BCUT2D eigenvalue weighted by Crippen LogP contribution is -2.51. The smallest absolute Gasteiger partial charge is 0.406 e. The first kappa shape index (κ1) is 25.3. The number of methoxy groups -OCH3 is 1. The lowest BCUT2D eigenvalue weighted by molar-refractivity contribution is -0.274. The molecular weight excluding hydrogens is 465 g/mol. The van der Waals surface area contributed by atoms with Gasteiger partial charge in [-0.2, -0.15) is 5.10 Å². The summed E-state index contributed by atoms with van der Waals surface area (Å²) in [6.45, 7) is 2.51. The fraction of sp³-hybridized carbons (Fsp3) is 0.583. The molecule has 0 radical (unpaired) electrons. The zero-order valence-corrected chi connectivity index (χ0v) is 19.6. The van der Waals surface area contributed by atoms with Crippen molar-refractivity contribution in [1.29, 1.82) is 0 Å². The SMILES string of the molecule is COCCc1cc(C2CC(c3ccc(OC(F)(F)F)cc3)CN(C(=O)N3CCC(O)CC3)C2)n[nH]1. The first-order chi connectivity index (χ1) is 16.7. The molecule has 4 rings (SSSR count). The molecule has 2 atom stereocenters. The van der Waals surface area contributed by atoms with Gasteiger partial charge in [0.15, 0.2) is 0 Å². The summed E-state index contributed by atoms with van der Waals surface area (Å²) < 4.78 is 46.8. The summed E-state index contributed by atoms with van der Waals surface area (Å²) in [6.07, 6.45) is -2.63. The van der Waals surface area contributed by atoms with Crippen LogP contribution in [0.5, 0.6) is 5.75 Å². The van der Waals surface area contributed by atoms with Crippen molar-refractivity contribution in [3.8, 4) is 5.75 Å². The minimum Gasteiger partial charge on any atom is -0.406 e. The number of carbonyl (C=O) groups is 1. The molecule has 2 aliphatic heterocycles. The molecule has 35 heavy (non-hydrogen) atoms. The van der Waals surface area contributed by atoms with Gasteiger partial charge >= 0.3 is 12.4 Å². The molecule has 2 fully saturated rings. The minimum absolute atomic E-state index is 0.0354. The second-order valence-electron chi connectivity index (χ2n) is 9.21. The van der Waals surface area contributed by atoms with Crippen molar-refractivity contribution in [2.45, 2.75) is 50.0 Å². The number of amides is 2. The van der Waals surface area contributed by atoms with Crippen LogP contribution in [0, 0.1) is 0 Å². The number of aromatic amines is 1. The van der Waals surface area contributed by atoms with Gasteiger partial charge < -0.3 is 24.4 Å². The number of benzene rings is 1. The summed E-state index contributed by atoms with van der Waals surface area (Å²) in [7, 11) is 1.64. The van der Waals surface area contributed by atoms with Gasteiger partial charge in [0, 0.05) is 57.2 Å². The minimum atomic E-state index is -4.75. The third-order valence-electron chi connectivity index (χ3n) is 6.69. The van der Waals surface area contributed by atoms with Crippen LogP contribution in [0.2, 0.25) is 0 Å². The van der Waals surface area contributed by atoms with Crippen LogP contribution in [0.15, 0.2) is 30.3 Å². The second kappa shape index (κ2) is 10.9. The molecule has 3 heterocycles. The van der Waals surface area contributed by atoms with Gasteiger partial charge in [-0.05, 0) is 43.0 Å². The van der Waals surface area contributed by atoms with Crippen molar-refractivity contribution in [1.82, 2.24) is 20.0 Å². The number of alkyl halides is 3. The van der Waals surface area contributed by atoms with E-state index in [-0.39, 0.29) is 29.7 Å². The number of piperidine rings is 2. The van der Waals surface area contributed by atoms with E-state index in [9.17, 15) is 23.1 Å². The van der Waals surface area contributed by atoms with Crippen LogP contribution in [-0.2, 0) is 11.2 Å². The fourth-order valence-electron chi connectivity index (χ4n) is 4.84. The number of aromatic nitrogens is 2. The van der Waals surface area contributed by atoms with Gasteiger partial charge in [0.05, 0.1) is 18.4 Å². The lowest BCUT2D eigenvalue weighted by atomic mass is 9.83. The molecule has 2 N–H and O–H groups in total. The Kier molecular flexibility index (Phi) is 7.85. The predicted molar refractivity (Wildman–Crippen MR) is 121 cm³/mol. The highest BCUT2D eigenvalue weighted by Crippen LogP contribution is 2.37. The molecule has 1 aromatic carbocycles. The number of hydrogen-bond donors (Lipinski definition) is 2. The molecule has 2 unspecified atom stereocenters. The molecular formula is C24H31F3N4O4. The van der Waals surface area contributed by atoms with Crippen molar-refractivity contribution in [2.24, 2.45) is 0 Å². The van der Waals surface area contributed by atoms with Gasteiger partial charge in [-0.25, -0.2) is 4.79 Å². The van der Waals surface area contributed by atoms with Crippen LogP contribution in [0.1, 0.15) is 48.0 Å². The summed E-state index contributed by atoms with van der Waals surface area (Å²) >= 11 is 0. The Hall–Kier alpha value is -2.79. The van der Waals surface area contributed by atoms with Gasteiger partial charge in [-0.3, -0.25) is 5.10 Å². The quantitative estimate of drug-likeness (QED) is 0.637. The van der Waals surface area contributed by atoms with Gasteiger partial charge in [0.25, 0.3) is 0 Å². The normalized spacial score (nSPS) is 21.9. The number of carbonyl (C=O) groups excluding carboxylic acids is 1. The molecule has 11 heteroatoms. The summed E-state index contributed by atoms with van der Waals surface area (Å²) in [5, 5.41) is 17.3. The largest absolute Gasteiger partial charge is 0.573 e. The van der Waals surface area contributed by atoms with Crippen LogP contribution in [0.3, 0.4) is 0 Å². The number of ether oxygens (including phenoxy) is 2.